The van der Waals surface area contributed by atoms with Crippen LogP contribution in [0.3, 0.4) is 0 Å². The number of nitrogens with zero attached hydrogens (tertiary/aromatic N) is 1. The van der Waals surface area contributed by atoms with E-state index >= 15 is 0 Å². The zero-order valence-corrected chi connectivity index (χ0v) is 11.7. The first-order chi connectivity index (χ1) is 9.71. The van der Waals surface area contributed by atoms with Crippen molar-refractivity contribution in [2.75, 3.05) is 31.6 Å². The topological polar surface area (TPSA) is 78.6 Å². The van der Waals surface area contributed by atoms with Gasteiger partial charge in [-0.15, -0.1) is 0 Å². The summed E-state index contributed by atoms with van der Waals surface area (Å²) in [6, 6.07) is 7.60. The Hall–Kier alpha value is -1.43. The van der Waals surface area contributed by atoms with E-state index in [0.29, 0.717) is 18.9 Å². The Morgan fingerprint density at radius 1 is 1.50 bits per heavy atom. The summed E-state index contributed by atoms with van der Waals surface area (Å²) in [7, 11) is 0. The van der Waals surface area contributed by atoms with Gasteiger partial charge in [0.2, 0.25) is 5.91 Å². The highest BCUT2D eigenvalue weighted by Crippen LogP contribution is 2.16. The van der Waals surface area contributed by atoms with Gasteiger partial charge in [-0.3, -0.25) is 4.79 Å². The monoisotopic (exact) mass is 277 g/mol. The number of rotatable bonds is 6. The highest BCUT2D eigenvalue weighted by atomic mass is 16.3. The molecule has 1 aliphatic heterocycles. The van der Waals surface area contributed by atoms with Gasteiger partial charge >= 0.3 is 0 Å². The molecule has 1 unspecified atom stereocenters. The van der Waals surface area contributed by atoms with Crippen LogP contribution in [0, 0.1) is 5.92 Å². The van der Waals surface area contributed by atoms with Gasteiger partial charge in [0, 0.05) is 38.3 Å². The number of benzene rings is 1. The lowest BCUT2D eigenvalue weighted by Gasteiger charge is -2.15. The molecule has 0 saturated carbocycles. The first kappa shape index (κ1) is 15.0. The number of aliphatic hydroxyl groups excluding tert-OH is 1. The summed E-state index contributed by atoms with van der Waals surface area (Å²) in [6.07, 6.45) is 1.50. The van der Waals surface area contributed by atoms with Crippen LogP contribution >= 0.6 is 0 Å². The predicted octanol–water partition coefficient (Wildman–Crippen LogP) is 0.788. The number of anilines is 1. The van der Waals surface area contributed by atoms with Crippen molar-refractivity contribution in [3.05, 3.63) is 29.8 Å². The minimum absolute atomic E-state index is 0.0200. The van der Waals surface area contributed by atoms with E-state index in [9.17, 15) is 4.79 Å². The van der Waals surface area contributed by atoms with Crippen molar-refractivity contribution in [2.24, 2.45) is 11.7 Å². The molecule has 1 heterocycles. The molecule has 1 saturated heterocycles. The lowest BCUT2D eigenvalue weighted by atomic mass is 10.1. The van der Waals surface area contributed by atoms with Crippen LogP contribution in [-0.4, -0.2) is 42.2 Å². The molecule has 1 aromatic rings. The average molecular weight is 277 g/mol. The molecule has 5 nitrogen and oxygen atoms in total. The summed E-state index contributed by atoms with van der Waals surface area (Å²) in [4.78, 5) is 14.1. The third-order valence-corrected chi connectivity index (χ3v) is 3.73. The standard InChI is InChI=1S/C15H23N3O2/c16-9-12-2-1-3-14(8-12)17-15(20)5-7-18-6-4-13(10-18)11-19/h1-3,8,13,19H,4-7,9-11,16H2,(H,17,20). The van der Waals surface area contributed by atoms with Crippen LogP contribution < -0.4 is 11.1 Å². The largest absolute Gasteiger partial charge is 0.396 e. The van der Waals surface area contributed by atoms with Gasteiger partial charge in [-0.1, -0.05) is 12.1 Å². The molecule has 20 heavy (non-hydrogen) atoms. The molecule has 0 aliphatic carbocycles. The van der Waals surface area contributed by atoms with Crippen molar-refractivity contribution in [1.29, 1.82) is 0 Å². The molecule has 0 spiro atoms. The van der Waals surface area contributed by atoms with E-state index in [0.717, 1.165) is 37.3 Å². The second kappa shape index (κ2) is 7.38. The molecular formula is C15H23N3O2. The third kappa shape index (κ3) is 4.30. The van der Waals surface area contributed by atoms with Crippen molar-refractivity contribution >= 4 is 11.6 Å². The number of nitrogens with two attached hydrogens (primary N) is 1. The number of amides is 1. The molecule has 5 heteroatoms. The fourth-order valence-corrected chi connectivity index (χ4v) is 2.52. The van der Waals surface area contributed by atoms with Crippen LogP contribution in [0.4, 0.5) is 5.69 Å². The molecule has 0 bridgehead atoms. The number of hydrogen-bond donors (Lipinski definition) is 3. The SMILES string of the molecule is NCc1cccc(NC(=O)CCN2CCC(CO)C2)c1. The molecular weight excluding hydrogens is 254 g/mol. The Kier molecular flexibility index (Phi) is 5.52. The van der Waals surface area contributed by atoms with E-state index in [1.165, 1.54) is 0 Å². The Morgan fingerprint density at radius 2 is 2.35 bits per heavy atom. The molecule has 1 amide bonds. The molecule has 1 aliphatic rings. The van der Waals surface area contributed by atoms with E-state index in [2.05, 4.69) is 10.2 Å². The zero-order valence-electron chi connectivity index (χ0n) is 11.7. The number of nitrogens with one attached hydrogen (secondary N) is 1. The number of hydrogen-bond acceptors (Lipinski definition) is 4. The number of aliphatic hydroxyl groups is 1. The summed E-state index contributed by atoms with van der Waals surface area (Å²) < 4.78 is 0. The van der Waals surface area contributed by atoms with Crippen molar-refractivity contribution in [2.45, 2.75) is 19.4 Å². The summed E-state index contributed by atoms with van der Waals surface area (Å²) in [5.74, 6) is 0.394. The van der Waals surface area contributed by atoms with Crippen molar-refractivity contribution < 1.29 is 9.90 Å². The van der Waals surface area contributed by atoms with Gasteiger partial charge in [0.1, 0.15) is 0 Å². The van der Waals surface area contributed by atoms with Crippen molar-refractivity contribution in [3.63, 3.8) is 0 Å². The first-order valence-corrected chi connectivity index (χ1v) is 7.13. The van der Waals surface area contributed by atoms with Crippen LogP contribution in [-0.2, 0) is 11.3 Å². The molecule has 0 radical (unpaired) electrons. The van der Waals surface area contributed by atoms with E-state index in [4.69, 9.17) is 10.8 Å². The van der Waals surface area contributed by atoms with Gasteiger partial charge in [0.15, 0.2) is 0 Å². The van der Waals surface area contributed by atoms with Crippen LogP contribution in [0.15, 0.2) is 24.3 Å². The first-order valence-electron chi connectivity index (χ1n) is 7.13. The molecule has 1 aromatic carbocycles. The van der Waals surface area contributed by atoms with Crippen molar-refractivity contribution in [3.8, 4) is 0 Å². The zero-order chi connectivity index (χ0) is 14.4. The molecule has 2 rings (SSSR count). The van der Waals surface area contributed by atoms with Gasteiger partial charge < -0.3 is 21.1 Å². The summed E-state index contributed by atoms with van der Waals surface area (Å²) in [6.45, 7) is 3.33. The maximum atomic E-state index is 11.9. The van der Waals surface area contributed by atoms with Gasteiger partial charge in [-0.05, 0) is 36.6 Å². The number of carbonyl (C=O) groups excluding carboxylic acids is 1. The quantitative estimate of drug-likeness (QED) is 0.718. The van der Waals surface area contributed by atoms with Gasteiger partial charge in [0.25, 0.3) is 0 Å². The van der Waals surface area contributed by atoms with Crippen LogP contribution in [0.5, 0.6) is 0 Å². The van der Waals surface area contributed by atoms with Gasteiger partial charge in [-0.2, -0.15) is 0 Å². The Balaban J connectivity index is 1.75. The second-order valence-corrected chi connectivity index (χ2v) is 5.34. The highest BCUT2D eigenvalue weighted by Gasteiger charge is 2.21. The Morgan fingerprint density at radius 3 is 3.05 bits per heavy atom. The number of likely N-dealkylation sites (tertiary alicyclic amines) is 1. The molecule has 110 valence electrons. The summed E-state index contributed by atoms with van der Waals surface area (Å²) in [5, 5.41) is 12.0. The van der Waals surface area contributed by atoms with E-state index in [1.807, 2.05) is 24.3 Å². The minimum atomic E-state index is 0.0200. The van der Waals surface area contributed by atoms with Crippen LogP contribution in [0.1, 0.15) is 18.4 Å². The predicted molar refractivity (Wildman–Crippen MR) is 79.2 cm³/mol. The minimum Gasteiger partial charge on any atom is -0.396 e. The fraction of sp³-hybridized carbons (Fsp3) is 0.533. The van der Waals surface area contributed by atoms with Crippen molar-refractivity contribution in [1.82, 2.24) is 4.90 Å². The molecule has 0 aromatic heterocycles. The van der Waals surface area contributed by atoms with Gasteiger partial charge in [0.05, 0.1) is 0 Å². The van der Waals surface area contributed by atoms with E-state index < -0.39 is 0 Å². The second-order valence-electron chi connectivity index (χ2n) is 5.34. The van der Waals surface area contributed by atoms with Crippen LogP contribution in [0.25, 0.3) is 0 Å². The summed E-state index contributed by atoms with van der Waals surface area (Å²) in [5.41, 5.74) is 7.38. The van der Waals surface area contributed by atoms with Crippen LogP contribution in [0.2, 0.25) is 0 Å². The number of carbonyl (C=O) groups is 1. The fourth-order valence-electron chi connectivity index (χ4n) is 2.52. The lowest BCUT2D eigenvalue weighted by molar-refractivity contribution is -0.116. The normalized spacial score (nSPS) is 19.2. The average Bonchev–Trinajstić information content (AvgIpc) is 2.93. The molecule has 4 N–H and O–H groups in total. The highest BCUT2D eigenvalue weighted by molar-refractivity contribution is 5.90. The third-order valence-electron chi connectivity index (χ3n) is 3.73. The molecule has 1 atom stereocenters. The lowest BCUT2D eigenvalue weighted by Crippen LogP contribution is -2.26. The Bertz CT molecular complexity index is 450. The Labute approximate surface area is 119 Å². The maximum Gasteiger partial charge on any atom is 0.225 e. The smallest absolute Gasteiger partial charge is 0.225 e. The van der Waals surface area contributed by atoms with E-state index in [-0.39, 0.29) is 12.5 Å². The maximum absolute atomic E-state index is 11.9. The summed E-state index contributed by atoms with van der Waals surface area (Å²) >= 11 is 0. The van der Waals surface area contributed by atoms with E-state index in [1.54, 1.807) is 0 Å². The molecule has 1 fully saturated rings. The van der Waals surface area contributed by atoms with Gasteiger partial charge in [-0.25, -0.2) is 0 Å².